The third-order valence-corrected chi connectivity index (χ3v) is 4.37. The minimum Gasteiger partial charge on any atom is -0.354 e. The first-order valence-corrected chi connectivity index (χ1v) is 7.95. The Bertz CT molecular complexity index is 717. The molecule has 1 aromatic carbocycles. The summed E-state index contributed by atoms with van der Waals surface area (Å²) in [5.41, 5.74) is 1.18. The fourth-order valence-electron chi connectivity index (χ4n) is 3.13. The van der Waals surface area contributed by atoms with Crippen LogP contribution in [0.2, 0.25) is 0 Å². The smallest absolute Gasteiger partial charge is 0.269 e. The van der Waals surface area contributed by atoms with E-state index < -0.39 is 0 Å². The van der Waals surface area contributed by atoms with Gasteiger partial charge >= 0.3 is 0 Å². The number of nitrogens with one attached hydrogen (secondary N) is 1. The molecule has 1 amide bonds. The summed E-state index contributed by atoms with van der Waals surface area (Å²) in [7, 11) is 0. The second kappa shape index (κ2) is 6.73. The van der Waals surface area contributed by atoms with Crippen LogP contribution in [0.4, 0.5) is 0 Å². The molecule has 0 saturated heterocycles. The van der Waals surface area contributed by atoms with Crippen molar-refractivity contribution in [3.63, 3.8) is 0 Å². The van der Waals surface area contributed by atoms with Gasteiger partial charge in [-0.15, -0.1) is 0 Å². The molecule has 116 valence electrons. The van der Waals surface area contributed by atoms with E-state index in [4.69, 9.17) is 0 Å². The molecular weight excluding hydrogens is 278 g/mol. The van der Waals surface area contributed by atoms with Crippen LogP contribution >= 0.6 is 0 Å². The molecule has 1 aromatic heterocycles. The van der Waals surface area contributed by atoms with Crippen LogP contribution in [0.1, 0.15) is 32.1 Å². The van der Waals surface area contributed by atoms with Crippen LogP contribution in [0.25, 0.3) is 11.0 Å². The molecule has 1 heterocycles. The van der Waals surface area contributed by atoms with Gasteiger partial charge in [-0.05, 0) is 30.9 Å². The predicted octanol–water partition coefficient (Wildman–Crippen LogP) is 2.09. The highest BCUT2D eigenvalue weighted by Crippen LogP contribution is 2.22. The minimum absolute atomic E-state index is 0.0502. The highest BCUT2D eigenvalue weighted by Gasteiger charge is 2.15. The van der Waals surface area contributed by atoms with Crippen LogP contribution < -0.4 is 10.9 Å². The molecule has 1 aliphatic carbocycles. The number of para-hydroxylation sites is 2. The lowest BCUT2D eigenvalue weighted by molar-refractivity contribution is -0.121. The van der Waals surface area contributed by atoms with Gasteiger partial charge in [0.15, 0.2) is 0 Å². The highest BCUT2D eigenvalue weighted by molar-refractivity contribution is 5.79. The maximum atomic E-state index is 12.2. The van der Waals surface area contributed by atoms with E-state index in [-0.39, 0.29) is 18.0 Å². The SMILES string of the molecule is O=C(Cn1c(=O)cnc2ccccc21)NCC1CCCCC1. The summed E-state index contributed by atoms with van der Waals surface area (Å²) in [5.74, 6) is 0.479. The fourth-order valence-corrected chi connectivity index (χ4v) is 3.13. The summed E-state index contributed by atoms with van der Waals surface area (Å²) < 4.78 is 1.48. The molecule has 22 heavy (non-hydrogen) atoms. The summed E-state index contributed by atoms with van der Waals surface area (Å²) in [6.45, 7) is 0.769. The number of carbonyl (C=O) groups is 1. The first kappa shape index (κ1) is 14.8. The van der Waals surface area contributed by atoms with Crippen molar-refractivity contribution < 1.29 is 4.79 Å². The zero-order valence-electron chi connectivity index (χ0n) is 12.6. The normalized spacial score (nSPS) is 15.8. The van der Waals surface area contributed by atoms with E-state index in [9.17, 15) is 9.59 Å². The summed E-state index contributed by atoms with van der Waals surface area (Å²) in [5, 5.41) is 2.97. The molecule has 3 rings (SSSR count). The Balaban J connectivity index is 1.68. The Morgan fingerprint density at radius 3 is 2.82 bits per heavy atom. The van der Waals surface area contributed by atoms with Crippen LogP contribution in [0.3, 0.4) is 0 Å². The van der Waals surface area contributed by atoms with E-state index in [1.54, 1.807) is 0 Å². The maximum Gasteiger partial charge on any atom is 0.269 e. The van der Waals surface area contributed by atoms with Gasteiger partial charge in [0, 0.05) is 6.54 Å². The highest BCUT2D eigenvalue weighted by atomic mass is 16.2. The van der Waals surface area contributed by atoms with Crippen molar-refractivity contribution in [2.24, 2.45) is 5.92 Å². The van der Waals surface area contributed by atoms with Gasteiger partial charge in [0.25, 0.3) is 5.56 Å². The second-order valence-electron chi connectivity index (χ2n) is 5.98. The van der Waals surface area contributed by atoms with Gasteiger partial charge in [0.1, 0.15) is 6.54 Å². The van der Waals surface area contributed by atoms with Crippen molar-refractivity contribution in [2.75, 3.05) is 6.54 Å². The molecular formula is C17H21N3O2. The summed E-state index contributed by atoms with van der Waals surface area (Å²) >= 11 is 0. The number of fused-ring (bicyclic) bond motifs is 1. The van der Waals surface area contributed by atoms with Gasteiger partial charge in [-0.3, -0.25) is 14.2 Å². The molecule has 2 aromatic rings. The van der Waals surface area contributed by atoms with Crippen LogP contribution in [0.5, 0.6) is 0 Å². The molecule has 0 aliphatic heterocycles. The van der Waals surface area contributed by atoms with Gasteiger partial charge in [0.2, 0.25) is 5.91 Å². The van der Waals surface area contributed by atoms with E-state index in [1.807, 2.05) is 24.3 Å². The topological polar surface area (TPSA) is 64.0 Å². The van der Waals surface area contributed by atoms with E-state index in [0.717, 1.165) is 12.1 Å². The van der Waals surface area contributed by atoms with Crippen LogP contribution in [-0.4, -0.2) is 22.0 Å². The summed E-state index contributed by atoms with van der Waals surface area (Å²) in [6.07, 6.45) is 7.49. The monoisotopic (exact) mass is 299 g/mol. The first-order chi connectivity index (χ1) is 10.7. The Labute approximate surface area is 129 Å². The van der Waals surface area contributed by atoms with Crippen molar-refractivity contribution in [2.45, 2.75) is 38.6 Å². The van der Waals surface area contributed by atoms with Crippen molar-refractivity contribution >= 4 is 16.9 Å². The Hall–Kier alpha value is -2.17. The van der Waals surface area contributed by atoms with Crippen LogP contribution in [0.15, 0.2) is 35.3 Å². The van der Waals surface area contributed by atoms with E-state index >= 15 is 0 Å². The standard InChI is InChI=1S/C17H21N3O2/c21-16(19-10-13-6-2-1-3-7-13)12-20-15-9-5-4-8-14(15)18-11-17(20)22/h4-5,8-9,11,13H,1-3,6-7,10,12H2,(H,19,21). The lowest BCUT2D eigenvalue weighted by Gasteiger charge is -2.21. The summed E-state index contributed by atoms with van der Waals surface area (Å²) in [4.78, 5) is 28.3. The minimum atomic E-state index is -0.244. The Morgan fingerprint density at radius 2 is 2.00 bits per heavy atom. The summed E-state index contributed by atoms with van der Waals surface area (Å²) in [6, 6.07) is 7.37. The fraction of sp³-hybridized carbons (Fsp3) is 0.471. The van der Waals surface area contributed by atoms with Crippen LogP contribution in [-0.2, 0) is 11.3 Å². The molecule has 1 saturated carbocycles. The lowest BCUT2D eigenvalue weighted by Crippen LogP contribution is -2.35. The number of benzene rings is 1. The average Bonchev–Trinajstić information content (AvgIpc) is 2.56. The Kier molecular flexibility index (Phi) is 4.51. The quantitative estimate of drug-likeness (QED) is 0.940. The number of hydrogen-bond acceptors (Lipinski definition) is 3. The van der Waals surface area contributed by atoms with E-state index in [2.05, 4.69) is 10.3 Å². The van der Waals surface area contributed by atoms with E-state index in [1.165, 1.54) is 42.9 Å². The molecule has 0 radical (unpaired) electrons. The van der Waals surface area contributed by atoms with Crippen molar-refractivity contribution in [1.82, 2.24) is 14.9 Å². The van der Waals surface area contributed by atoms with E-state index in [0.29, 0.717) is 11.4 Å². The number of hydrogen-bond donors (Lipinski definition) is 1. The molecule has 1 aliphatic rings. The van der Waals surface area contributed by atoms with Gasteiger partial charge in [0.05, 0.1) is 17.2 Å². The number of aromatic nitrogens is 2. The van der Waals surface area contributed by atoms with Gasteiger partial charge in [-0.2, -0.15) is 0 Å². The van der Waals surface area contributed by atoms with Gasteiger partial charge < -0.3 is 5.32 Å². The third-order valence-electron chi connectivity index (χ3n) is 4.37. The Morgan fingerprint density at radius 1 is 1.23 bits per heavy atom. The molecule has 5 heteroatoms. The average molecular weight is 299 g/mol. The molecule has 0 unspecified atom stereocenters. The predicted molar refractivity (Wildman–Crippen MR) is 85.6 cm³/mol. The maximum absolute atomic E-state index is 12.2. The lowest BCUT2D eigenvalue weighted by atomic mass is 9.89. The third kappa shape index (κ3) is 3.35. The van der Waals surface area contributed by atoms with Gasteiger partial charge in [-0.25, -0.2) is 4.98 Å². The largest absolute Gasteiger partial charge is 0.354 e. The molecule has 1 N–H and O–H groups in total. The van der Waals surface area contributed by atoms with Gasteiger partial charge in [-0.1, -0.05) is 31.4 Å². The molecule has 5 nitrogen and oxygen atoms in total. The second-order valence-corrected chi connectivity index (χ2v) is 5.98. The number of rotatable bonds is 4. The molecule has 0 bridgehead atoms. The molecule has 0 spiro atoms. The van der Waals surface area contributed by atoms with Crippen molar-refractivity contribution in [1.29, 1.82) is 0 Å². The molecule has 1 fully saturated rings. The number of carbonyl (C=O) groups excluding carboxylic acids is 1. The van der Waals surface area contributed by atoms with Crippen molar-refractivity contribution in [3.05, 3.63) is 40.8 Å². The molecule has 0 atom stereocenters. The number of nitrogens with zero attached hydrogens (tertiary/aromatic N) is 2. The first-order valence-electron chi connectivity index (χ1n) is 7.95. The van der Waals surface area contributed by atoms with Crippen molar-refractivity contribution in [3.8, 4) is 0 Å². The zero-order chi connectivity index (χ0) is 15.4. The van der Waals surface area contributed by atoms with Crippen LogP contribution in [0, 0.1) is 5.92 Å². The zero-order valence-corrected chi connectivity index (χ0v) is 12.6. The number of amides is 1.